The van der Waals surface area contributed by atoms with Crippen molar-refractivity contribution in [1.82, 2.24) is 0 Å². The molecule has 0 radical (unpaired) electrons. The number of anilines is 1. The molecule has 1 amide bonds. The van der Waals surface area contributed by atoms with Crippen LogP contribution in [-0.4, -0.2) is 23.0 Å². The summed E-state index contributed by atoms with van der Waals surface area (Å²) >= 11 is 0. The van der Waals surface area contributed by atoms with Gasteiger partial charge in [0.05, 0.1) is 11.6 Å². The Labute approximate surface area is 104 Å². The fourth-order valence-electron chi connectivity index (χ4n) is 1.29. The van der Waals surface area contributed by atoms with E-state index < -0.39 is 29.3 Å². The molecule has 0 fully saturated rings. The molecule has 0 bridgehead atoms. The molecule has 6 heteroatoms. The van der Waals surface area contributed by atoms with Crippen molar-refractivity contribution in [3.8, 4) is 0 Å². The minimum atomic E-state index is -1.36. The molecule has 4 N–H and O–H groups in total. The van der Waals surface area contributed by atoms with Crippen molar-refractivity contribution in [3.05, 3.63) is 29.6 Å². The summed E-state index contributed by atoms with van der Waals surface area (Å²) < 4.78 is 13.3. The lowest BCUT2D eigenvalue weighted by Crippen LogP contribution is -2.39. The topological polar surface area (TPSA) is 92.4 Å². The van der Waals surface area contributed by atoms with Crippen molar-refractivity contribution in [2.75, 3.05) is 5.32 Å². The van der Waals surface area contributed by atoms with Crippen LogP contribution in [0.15, 0.2) is 18.2 Å². The second-order valence-electron chi connectivity index (χ2n) is 4.26. The number of nitrogens with two attached hydrogens (primary N) is 1. The lowest BCUT2D eigenvalue weighted by molar-refractivity contribution is -0.118. The van der Waals surface area contributed by atoms with Gasteiger partial charge in [0.1, 0.15) is 5.82 Å². The van der Waals surface area contributed by atoms with E-state index in [4.69, 9.17) is 10.8 Å². The predicted molar refractivity (Wildman–Crippen MR) is 64.8 cm³/mol. The zero-order chi connectivity index (χ0) is 13.9. The molecular weight excluding hydrogens is 239 g/mol. The van der Waals surface area contributed by atoms with E-state index in [9.17, 15) is 14.0 Å². The van der Waals surface area contributed by atoms with Gasteiger partial charge in [-0.2, -0.15) is 0 Å². The van der Waals surface area contributed by atoms with E-state index in [1.54, 1.807) is 13.8 Å². The molecule has 0 aliphatic heterocycles. The summed E-state index contributed by atoms with van der Waals surface area (Å²) in [5, 5.41) is 11.1. The SMILES string of the molecule is CC(C)C(N)C(=O)Nc1ccc(C(=O)O)c(F)c1. The summed E-state index contributed by atoms with van der Waals surface area (Å²) in [4.78, 5) is 22.2. The Balaban J connectivity index is 2.84. The van der Waals surface area contributed by atoms with Crippen LogP contribution in [0.4, 0.5) is 10.1 Å². The van der Waals surface area contributed by atoms with E-state index in [-0.39, 0.29) is 11.6 Å². The van der Waals surface area contributed by atoms with Crippen molar-refractivity contribution in [2.24, 2.45) is 11.7 Å². The number of benzene rings is 1. The highest BCUT2D eigenvalue weighted by Crippen LogP contribution is 2.15. The molecule has 0 saturated heterocycles. The molecule has 0 saturated carbocycles. The molecule has 1 aromatic carbocycles. The van der Waals surface area contributed by atoms with Gasteiger partial charge in [-0.1, -0.05) is 13.8 Å². The van der Waals surface area contributed by atoms with Gasteiger partial charge in [-0.3, -0.25) is 4.79 Å². The van der Waals surface area contributed by atoms with Crippen LogP contribution in [0.1, 0.15) is 24.2 Å². The maximum atomic E-state index is 13.3. The van der Waals surface area contributed by atoms with Crippen molar-refractivity contribution in [2.45, 2.75) is 19.9 Å². The molecular formula is C12H15FN2O3. The fourth-order valence-corrected chi connectivity index (χ4v) is 1.29. The number of hydrogen-bond donors (Lipinski definition) is 3. The van der Waals surface area contributed by atoms with E-state index in [0.717, 1.165) is 12.1 Å². The van der Waals surface area contributed by atoms with Crippen LogP contribution in [0, 0.1) is 11.7 Å². The largest absolute Gasteiger partial charge is 0.478 e. The molecule has 0 heterocycles. The molecule has 1 rings (SSSR count). The van der Waals surface area contributed by atoms with E-state index >= 15 is 0 Å². The van der Waals surface area contributed by atoms with Crippen LogP contribution in [0.25, 0.3) is 0 Å². The van der Waals surface area contributed by atoms with Crippen molar-refractivity contribution >= 4 is 17.6 Å². The third kappa shape index (κ3) is 3.27. The normalized spacial score (nSPS) is 12.3. The number of carboxylic acid groups (broad SMARTS) is 1. The number of carboxylic acids is 1. The highest BCUT2D eigenvalue weighted by atomic mass is 19.1. The van der Waals surface area contributed by atoms with E-state index in [1.807, 2.05) is 0 Å². The first-order valence-electron chi connectivity index (χ1n) is 5.42. The van der Waals surface area contributed by atoms with Crippen molar-refractivity contribution in [1.29, 1.82) is 0 Å². The summed E-state index contributed by atoms with van der Waals surface area (Å²) in [7, 11) is 0. The number of nitrogens with one attached hydrogen (secondary N) is 1. The lowest BCUT2D eigenvalue weighted by atomic mass is 10.0. The number of aromatic carboxylic acids is 1. The maximum absolute atomic E-state index is 13.3. The second kappa shape index (κ2) is 5.59. The van der Waals surface area contributed by atoms with Gasteiger partial charge in [-0.15, -0.1) is 0 Å². The average Bonchev–Trinajstić information content (AvgIpc) is 2.27. The lowest BCUT2D eigenvalue weighted by Gasteiger charge is -2.15. The van der Waals surface area contributed by atoms with Gasteiger partial charge in [0.25, 0.3) is 0 Å². The second-order valence-corrected chi connectivity index (χ2v) is 4.26. The van der Waals surface area contributed by atoms with Gasteiger partial charge in [-0.25, -0.2) is 9.18 Å². The minimum Gasteiger partial charge on any atom is -0.478 e. The molecule has 98 valence electrons. The van der Waals surface area contributed by atoms with Crippen LogP contribution in [0.2, 0.25) is 0 Å². The van der Waals surface area contributed by atoms with Crippen LogP contribution in [-0.2, 0) is 4.79 Å². The van der Waals surface area contributed by atoms with Crippen LogP contribution >= 0.6 is 0 Å². The van der Waals surface area contributed by atoms with Crippen LogP contribution in [0.3, 0.4) is 0 Å². The monoisotopic (exact) mass is 254 g/mol. The maximum Gasteiger partial charge on any atom is 0.338 e. The van der Waals surface area contributed by atoms with Gasteiger partial charge >= 0.3 is 5.97 Å². The summed E-state index contributed by atoms with van der Waals surface area (Å²) in [6.45, 7) is 3.58. The Morgan fingerprint density at radius 3 is 2.44 bits per heavy atom. The number of halogens is 1. The number of rotatable bonds is 4. The van der Waals surface area contributed by atoms with Crippen LogP contribution in [0.5, 0.6) is 0 Å². The fraction of sp³-hybridized carbons (Fsp3) is 0.333. The number of amides is 1. The van der Waals surface area contributed by atoms with Gasteiger partial charge < -0.3 is 16.2 Å². The van der Waals surface area contributed by atoms with Gasteiger partial charge in [0.2, 0.25) is 5.91 Å². The zero-order valence-corrected chi connectivity index (χ0v) is 10.1. The first-order chi connectivity index (χ1) is 8.32. The number of hydrogen-bond acceptors (Lipinski definition) is 3. The third-order valence-corrected chi connectivity index (χ3v) is 2.49. The molecule has 0 spiro atoms. The zero-order valence-electron chi connectivity index (χ0n) is 10.1. The molecule has 1 atom stereocenters. The van der Waals surface area contributed by atoms with Gasteiger partial charge in [0.15, 0.2) is 0 Å². The average molecular weight is 254 g/mol. The standard InChI is InChI=1S/C12H15FN2O3/c1-6(2)10(14)11(16)15-7-3-4-8(12(17)18)9(13)5-7/h3-6,10H,14H2,1-2H3,(H,15,16)(H,17,18). The first-order valence-corrected chi connectivity index (χ1v) is 5.42. The highest BCUT2D eigenvalue weighted by molar-refractivity contribution is 5.95. The molecule has 0 aliphatic carbocycles. The smallest absolute Gasteiger partial charge is 0.338 e. The summed E-state index contributed by atoms with van der Waals surface area (Å²) in [5.41, 5.74) is 5.36. The van der Waals surface area contributed by atoms with Gasteiger partial charge in [0, 0.05) is 5.69 Å². The summed E-state index contributed by atoms with van der Waals surface area (Å²) in [5.74, 6) is -2.75. The van der Waals surface area contributed by atoms with Gasteiger partial charge in [-0.05, 0) is 24.1 Å². The van der Waals surface area contributed by atoms with E-state index in [2.05, 4.69) is 5.32 Å². The van der Waals surface area contributed by atoms with E-state index in [1.165, 1.54) is 6.07 Å². The predicted octanol–water partition coefficient (Wildman–Crippen LogP) is 1.45. The Bertz CT molecular complexity index is 474. The first kappa shape index (κ1) is 14.1. The molecule has 0 aromatic heterocycles. The molecule has 1 aromatic rings. The molecule has 18 heavy (non-hydrogen) atoms. The van der Waals surface area contributed by atoms with Crippen molar-refractivity contribution in [3.63, 3.8) is 0 Å². The minimum absolute atomic E-state index is 0.0480. The number of carbonyl (C=O) groups is 2. The Kier molecular flexibility index (Phi) is 4.38. The Hall–Kier alpha value is -1.95. The highest BCUT2D eigenvalue weighted by Gasteiger charge is 2.18. The Morgan fingerprint density at radius 2 is 2.00 bits per heavy atom. The third-order valence-electron chi connectivity index (χ3n) is 2.49. The van der Waals surface area contributed by atoms with E-state index in [0.29, 0.717) is 0 Å². The number of carbonyl (C=O) groups excluding carboxylic acids is 1. The van der Waals surface area contributed by atoms with Crippen LogP contribution < -0.4 is 11.1 Å². The molecule has 5 nitrogen and oxygen atoms in total. The summed E-state index contributed by atoms with van der Waals surface area (Å²) in [6.07, 6.45) is 0. The quantitative estimate of drug-likeness (QED) is 0.758. The molecule has 1 unspecified atom stereocenters. The summed E-state index contributed by atoms with van der Waals surface area (Å²) in [6, 6.07) is 2.66. The molecule has 0 aliphatic rings. The Morgan fingerprint density at radius 1 is 1.39 bits per heavy atom. The van der Waals surface area contributed by atoms with Crippen molar-refractivity contribution < 1.29 is 19.1 Å².